The zero-order valence-corrected chi connectivity index (χ0v) is 15.3. The lowest BCUT2D eigenvalue weighted by atomic mass is 10.0. The summed E-state index contributed by atoms with van der Waals surface area (Å²) in [5.41, 5.74) is 4.24. The number of hydrogen-bond donors (Lipinski definition) is 1. The number of carbonyl (C=O) groups is 1. The highest BCUT2D eigenvalue weighted by atomic mass is 32.1. The summed E-state index contributed by atoms with van der Waals surface area (Å²) in [4.78, 5) is 24.5. The molecule has 1 aromatic carbocycles. The average Bonchev–Trinajstić information content (AvgIpc) is 3.24. The summed E-state index contributed by atoms with van der Waals surface area (Å²) in [6.07, 6.45) is 2.26. The summed E-state index contributed by atoms with van der Waals surface area (Å²) in [6.45, 7) is 4.39. The topological polar surface area (TPSA) is 75.0 Å². The zero-order chi connectivity index (χ0) is 18.0. The van der Waals surface area contributed by atoms with Crippen molar-refractivity contribution >= 4 is 23.0 Å². The fraction of sp³-hybridized carbons (Fsp3) is 0.389. The average molecular weight is 359 g/mol. The van der Waals surface area contributed by atoms with Gasteiger partial charge in [-0.15, -0.1) is 11.3 Å². The van der Waals surface area contributed by atoms with E-state index in [9.17, 15) is 9.90 Å². The van der Waals surface area contributed by atoms with Crippen LogP contribution in [0.25, 0.3) is 10.4 Å². The molecular weight excluding hydrogens is 338 g/mol. The largest absolute Gasteiger partial charge is 0.399 e. The molecule has 132 valence electrons. The number of aliphatic hydroxyl groups is 1. The van der Waals surface area contributed by atoms with E-state index in [1.165, 1.54) is 29.6 Å². The highest BCUT2D eigenvalue weighted by Crippen LogP contribution is 2.31. The molecule has 2 heterocycles. The van der Waals surface area contributed by atoms with E-state index in [0.717, 1.165) is 16.2 Å². The summed E-state index contributed by atoms with van der Waals surface area (Å²) in [7, 11) is 1.47. The van der Waals surface area contributed by atoms with Crippen LogP contribution < -0.4 is 0 Å². The van der Waals surface area contributed by atoms with E-state index in [1.807, 2.05) is 12.1 Å². The number of carbonyl (C=O) groups excluding carboxylic acids is 1. The molecule has 7 heteroatoms. The fourth-order valence-electron chi connectivity index (χ4n) is 3.01. The van der Waals surface area contributed by atoms with Crippen LogP contribution in [0.2, 0.25) is 0 Å². The molecule has 1 atom stereocenters. The molecule has 0 bridgehead atoms. The minimum Gasteiger partial charge on any atom is -0.399 e. The Kier molecular flexibility index (Phi) is 5.15. The van der Waals surface area contributed by atoms with E-state index in [1.54, 1.807) is 11.1 Å². The quantitative estimate of drug-likeness (QED) is 0.852. The number of aryl methyl sites for hydroxylation is 1. The molecule has 1 N–H and O–H groups in total. The van der Waals surface area contributed by atoms with Gasteiger partial charge in [0.2, 0.25) is 0 Å². The van der Waals surface area contributed by atoms with Crippen molar-refractivity contribution in [2.75, 3.05) is 20.3 Å². The molecule has 0 spiro atoms. The van der Waals surface area contributed by atoms with Gasteiger partial charge in [-0.3, -0.25) is 4.79 Å². The van der Waals surface area contributed by atoms with Crippen LogP contribution in [0.1, 0.15) is 27.3 Å². The van der Waals surface area contributed by atoms with Crippen molar-refractivity contribution in [1.82, 2.24) is 9.88 Å². The number of hydrogen-bond acceptors (Lipinski definition) is 6. The minimum absolute atomic E-state index is 0.107. The van der Waals surface area contributed by atoms with Crippen molar-refractivity contribution < 1.29 is 14.7 Å². The standard InChI is InChI=1S/C18H21N3O3S/c1-11-5-4-6-15(12(11)2)16-8-19-17(25-16)18(23)21-9-13(20-24-3)7-14(21)10-22/h4-6,8,14,22H,7,9-10H2,1-3H3/b20-13+/t14-/m0/s1. The first kappa shape index (κ1) is 17.6. The Labute approximate surface area is 150 Å². The smallest absolute Gasteiger partial charge is 0.283 e. The maximum Gasteiger partial charge on any atom is 0.283 e. The molecule has 2 aromatic rings. The molecule has 1 aromatic heterocycles. The number of amides is 1. The molecule has 1 saturated heterocycles. The maximum absolute atomic E-state index is 12.8. The predicted molar refractivity (Wildman–Crippen MR) is 98.0 cm³/mol. The SMILES string of the molecule is CO/N=C1\C[C@@H](CO)N(C(=O)c2ncc(-c3cccc(C)c3C)s2)C1. The third kappa shape index (κ3) is 3.43. The van der Waals surface area contributed by atoms with Gasteiger partial charge in [0.1, 0.15) is 7.11 Å². The van der Waals surface area contributed by atoms with Crippen molar-refractivity contribution in [3.05, 3.63) is 40.5 Å². The minimum atomic E-state index is -0.283. The van der Waals surface area contributed by atoms with E-state index in [0.29, 0.717) is 18.0 Å². The van der Waals surface area contributed by atoms with Gasteiger partial charge in [-0.2, -0.15) is 0 Å². The molecular formula is C18H21N3O3S. The molecule has 0 radical (unpaired) electrons. The Morgan fingerprint density at radius 1 is 1.48 bits per heavy atom. The number of benzene rings is 1. The van der Waals surface area contributed by atoms with Gasteiger partial charge < -0.3 is 14.8 Å². The number of oxime groups is 1. The van der Waals surface area contributed by atoms with Gasteiger partial charge in [0, 0.05) is 12.6 Å². The molecule has 3 rings (SSSR count). The molecule has 0 saturated carbocycles. The van der Waals surface area contributed by atoms with Crippen molar-refractivity contribution in [1.29, 1.82) is 0 Å². The van der Waals surface area contributed by atoms with Crippen LogP contribution >= 0.6 is 11.3 Å². The van der Waals surface area contributed by atoms with E-state index < -0.39 is 0 Å². The van der Waals surface area contributed by atoms with Gasteiger partial charge >= 0.3 is 0 Å². The Hall–Kier alpha value is -2.25. The first-order chi connectivity index (χ1) is 12.0. The monoisotopic (exact) mass is 359 g/mol. The number of thiazole rings is 1. The molecule has 1 aliphatic rings. The number of rotatable bonds is 4. The summed E-state index contributed by atoms with van der Waals surface area (Å²) in [5, 5.41) is 13.9. The molecule has 1 aliphatic heterocycles. The molecule has 0 aliphatic carbocycles. The van der Waals surface area contributed by atoms with Crippen LogP contribution in [0.5, 0.6) is 0 Å². The van der Waals surface area contributed by atoms with Crippen molar-refractivity contribution in [2.45, 2.75) is 26.3 Å². The Morgan fingerprint density at radius 2 is 2.28 bits per heavy atom. The highest BCUT2D eigenvalue weighted by Gasteiger charge is 2.34. The van der Waals surface area contributed by atoms with Gasteiger partial charge in [0.15, 0.2) is 5.01 Å². The summed E-state index contributed by atoms with van der Waals surface area (Å²) >= 11 is 1.38. The zero-order valence-electron chi connectivity index (χ0n) is 14.5. The second kappa shape index (κ2) is 7.33. The van der Waals surface area contributed by atoms with Crippen LogP contribution in [-0.2, 0) is 4.84 Å². The second-order valence-electron chi connectivity index (χ2n) is 6.09. The number of aliphatic hydroxyl groups excluding tert-OH is 1. The van der Waals surface area contributed by atoms with E-state index in [2.05, 4.69) is 30.1 Å². The van der Waals surface area contributed by atoms with Crippen LogP contribution in [0.15, 0.2) is 29.6 Å². The Bertz CT molecular complexity index is 816. The van der Waals surface area contributed by atoms with Crippen LogP contribution in [0.3, 0.4) is 0 Å². The molecule has 1 amide bonds. The normalized spacial score (nSPS) is 18.8. The van der Waals surface area contributed by atoms with Gasteiger partial charge in [0.05, 0.1) is 29.8 Å². The second-order valence-corrected chi connectivity index (χ2v) is 7.12. The Morgan fingerprint density at radius 3 is 3.00 bits per heavy atom. The van der Waals surface area contributed by atoms with Crippen LogP contribution in [0.4, 0.5) is 0 Å². The maximum atomic E-state index is 12.8. The lowest BCUT2D eigenvalue weighted by Crippen LogP contribution is -2.37. The van der Waals surface area contributed by atoms with E-state index in [4.69, 9.17) is 4.84 Å². The number of nitrogens with zero attached hydrogens (tertiary/aromatic N) is 3. The Balaban J connectivity index is 1.86. The first-order valence-electron chi connectivity index (χ1n) is 8.08. The fourth-order valence-corrected chi connectivity index (χ4v) is 3.96. The number of likely N-dealkylation sites (tertiary alicyclic amines) is 1. The van der Waals surface area contributed by atoms with Crippen LogP contribution in [-0.4, -0.2) is 52.9 Å². The van der Waals surface area contributed by atoms with Crippen LogP contribution in [0, 0.1) is 13.8 Å². The molecule has 1 fully saturated rings. The van der Waals surface area contributed by atoms with Crippen molar-refractivity contribution in [3.8, 4) is 10.4 Å². The van der Waals surface area contributed by atoms with E-state index >= 15 is 0 Å². The number of aromatic nitrogens is 1. The first-order valence-corrected chi connectivity index (χ1v) is 8.90. The molecule has 25 heavy (non-hydrogen) atoms. The predicted octanol–water partition coefficient (Wildman–Crippen LogP) is 2.64. The molecule has 6 nitrogen and oxygen atoms in total. The lowest BCUT2D eigenvalue weighted by molar-refractivity contribution is 0.0680. The lowest BCUT2D eigenvalue weighted by Gasteiger charge is -2.20. The third-order valence-corrected chi connectivity index (χ3v) is 5.53. The van der Waals surface area contributed by atoms with E-state index in [-0.39, 0.29) is 18.6 Å². The highest BCUT2D eigenvalue weighted by molar-refractivity contribution is 7.17. The third-order valence-electron chi connectivity index (χ3n) is 4.52. The van der Waals surface area contributed by atoms with Gasteiger partial charge in [0.25, 0.3) is 5.91 Å². The van der Waals surface area contributed by atoms with Gasteiger partial charge in [-0.1, -0.05) is 23.4 Å². The summed E-state index contributed by atoms with van der Waals surface area (Å²) in [5.74, 6) is -0.179. The van der Waals surface area contributed by atoms with Gasteiger partial charge in [-0.25, -0.2) is 4.98 Å². The summed E-state index contributed by atoms with van der Waals surface area (Å²) < 4.78 is 0. The summed E-state index contributed by atoms with van der Waals surface area (Å²) in [6, 6.07) is 5.84. The van der Waals surface area contributed by atoms with Gasteiger partial charge in [-0.05, 0) is 30.5 Å². The van der Waals surface area contributed by atoms with Crippen molar-refractivity contribution in [3.63, 3.8) is 0 Å². The van der Waals surface area contributed by atoms with Crippen molar-refractivity contribution in [2.24, 2.45) is 5.16 Å². The molecule has 0 unspecified atom stereocenters.